The second-order valence-electron chi connectivity index (χ2n) is 4.81. The zero-order valence-electron chi connectivity index (χ0n) is 11.6. The Balaban J connectivity index is 2.08. The average Bonchev–Trinajstić information content (AvgIpc) is 2.99. The summed E-state index contributed by atoms with van der Waals surface area (Å²) in [6.45, 7) is 0. The van der Waals surface area contributed by atoms with Crippen LogP contribution < -0.4 is 11.1 Å². The van der Waals surface area contributed by atoms with Crippen LogP contribution in [0.4, 0.5) is 20.2 Å². The molecule has 23 heavy (non-hydrogen) atoms. The van der Waals surface area contributed by atoms with Crippen LogP contribution in [-0.2, 0) is 0 Å². The maximum Gasteiger partial charge on any atom is 0.186 e. The summed E-state index contributed by atoms with van der Waals surface area (Å²) < 4.78 is 27.1. The normalized spacial score (nSPS) is 11.9. The number of nitrogens with one attached hydrogen (secondary N) is 2. The Labute approximate surface area is 134 Å². The molecule has 0 amide bonds. The van der Waals surface area contributed by atoms with Gasteiger partial charge in [0.15, 0.2) is 5.84 Å². The minimum absolute atomic E-state index is 0.0280. The minimum atomic E-state index is -0.530. The first-order chi connectivity index (χ1) is 11.0. The number of rotatable bonds is 3. The number of anilines is 2. The van der Waals surface area contributed by atoms with Crippen molar-refractivity contribution < 1.29 is 14.0 Å². The number of H-pyrrole nitrogens is 1. The summed E-state index contributed by atoms with van der Waals surface area (Å²) in [5, 5.41) is 15.1. The van der Waals surface area contributed by atoms with Gasteiger partial charge in [0.25, 0.3) is 0 Å². The highest BCUT2D eigenvalue weighted by Gasteiger charge is 2.13. The van der Waals surface area contributed by atoms with Crippen LogP contribution in [0.3, 0.4) is 0 Å². The number of hydrogen-bond donors (Lipinski definition) is 4. The van der Waals surface area contributed by atoms with Crippen LogP contribution in [0.2, 0.25) is 5.02 Å². The van der Waals surface area contributed by atoms with E-state index in [4.69, 9.17) is 22.5 Å². The SMILES string of the molecule is N/C(=N\O)c1cc2c(Nc3ccc(F)c(Cl)c3)ccc(F)c2[nH]1. The van der Waals surface area contributed by atoms with Crippen molar-refractivity contribution in [1.29, 1.82) is 0 Å². The largest absolute Gasteiger partial charge is 0.409 e. The van der Waals surface area contributed by atoms with Gasteiger partial charge in [0, 0.05) is 16.8 Å². The number of halogens is 3. The lowest BCUT2D eigenvalue weighted by Crippen LogP contribution is -2.13. The van der Waals surface area contributed by atoms with E-state index in [0.717, 1.165) is 0 Å². The van der Waals surface area contributed by atoms with Crippen LogP contribution >= 0.6 is 11.6 Å². The zero-order chi connectivity index (χ0) is 16.6. The van der Waals surface area contributed by atoms with E-state index < -0.39 is 11.6 Å². The third-order valence-electron chi connectivity index (χ3n) is 3.33. The molecule has 1 heterocycles. The quantitative estimate of drug-likeness (QED) is 0.253. The first-order valence-electron chi connectivity index (χ1n) is 6.51. The molecule has 2 aromatic carbocycles. The highest BCUT2D eigenvalue weighted by Crippen LogP contribution is 2.30. The molecule has 8 heteroatoms. The molecule has 0 spiro atoms. The first-order valence-corrected chi connectivity index (χ1v) is 6.88. The molecule has 5 N–H and O–H groups in total. The number of benzene rings is 2. The fourth-order valence-corrected chi connectivity index (χ4v) is 2.40. The lowest BCUT2D eigenvalue weighted by molar-refractivity contribution is 0.318. The maximum atomic E-state index is 13.9. The van der Waals surface area contributed by atoms with E-state index in [1.165, 1.54) is 30.3 Å². The highest BCUT2D eigenvalue weighted by atomic mass is 35.5. The molecule has 0 aliphatic carbocycles. The molecule has 0 bridgehead atoms. The number of aromatic nitrogens is 1. The Morgan fingerprint density at radius 3 is 2.61 bits per heavy atom. The van der Waals surface area contributed by atoms with Crippen LogP contribution in [0.15, 0.2) is 41.6 Å². The molecule has 3 rings (SSSR count). The Hall–Kier alpha value is -2.80. The number of oxime groups is 1. The third kappa shape index (κ3) is 2.78. The van der Waals surface area contributed by atoms with Gasteiger partial charge in [-0.15, -0.1) is 0 Å². The first kappa shape index (κ1) is 15.1. The topological polar surface area (TPSA) is 86.4 Å². The van der Waals surface area contributed by atoms with E-state index in [1.807, 2.05) is 0 Å². The third-order valence-corrected chi connectivity index (χ3v) is 3.61. The molecule has 0 unspecified atom stereocenters. The Bertz CT molecular complexity index is 923. The second kappa shape index (κ2) is 5.77. The molecule has 118 valence electrons. The van der Waals surface area contributed by atoms with Crippen LogP contribution in [0.5, 0.6) is 0 Å². The van der Waals surface area contributed by atoms with Crippen molar-refractivity contribution in [3.63, 3.8) is 0 Å². The Morgan fingerprint density at radius 2 is 1.91 bits per heavy atom. The Morgan fingerprint density at radius 1 is 1.17 bits per heavy atom. The van der Waals surface area contributed by atoms with Crippen LogP contribution in [0.25, 0.3) is 10.9 Å². The molecule has 0 saturated heterocycles. The number of fused-ring (bicyclic) bond motifs is 1. The van der Waals surface area contributed by atoms with Gasteiger partial charge in [-0.25, -0.2) is 8.78 Å². The monoisotopic (exact) mass is 336 g/mol. The van der Waals surface area contributed by atoms with Gasteiger partial charge >= 0.3 is 0 Å². The maximum absolute atomic E-state index is 13.9. The molecule has 0 saturated carbocycles. The average molecular weight is 337 g/mol. The van der Waals surface area contributed by atoms with E-state index in [1.54, 1.807) is 6.07 Å². The number of nitrogens with two attached hydrogens (primary N) is 1. The molecule has 0 aliphatic rings. The van der Waals surface area contributed by atoms with Gasteiger partial charge in [0.1, 0.15) is 11.6 Å². The number of amidine groups is 1. The van der Waals surface area contributed by atoms with Crippen molar-refractivity contribution in [1.82, 2.24) is 4.98 Å². The summed E-state index contributed by atoms with van der Waals surface area (Å²) in [7, 11) is 0. The lowest BCUT2D eigenvalue weighted by atomic mass is 10.2. The lowest BCUT2D eigenvalue weighted by Gasteiger charge is -2.09. The molecule has 0 aliphatic heterocycles. The van der Waals surface area contributed by atoms with Crippen molar-refractivity contribution in [2.24, 2.45) is 10.9 Å². The second-order valence-corrected chi connectivity index (χ2v) is 5.21. The van der Waals surface area contributed by atoms with Crippen molar-refractivity contribution in [3.05, 3.63) is 58.7 Å². The van der Waals surface area contributed by atoms with E-state index in [2.05, 4.69) is 15.5 Å². The predicted molar refractivity (Wildman–Crippen MR) is 85.5 cm³/mol. The van der Waals surface area contributed by atoms with E-state index >= 15 is 0 Å². The van der Waals surface area contributed by atoms with Crippen LogP contribution in [-0.4, -0.2) is 16.0 Å². The zero-order valence-corrected chi connectivity index (χ0v) is 12.3. The van der Waals surface area contributed by atoms with Gasteiger partial charge in [-0.05, 0) is 36.4 Å². The fraction of sp³-hybridized carbons (Fsp3) is 0. The molecule has 3 aromatic rings. The summed E-state index contributed by atoms with van der Waals surface area (Å²) in [6.07, 6.45) is 0. The summed E-state index contributed by atoms with van der Waals surface area (Å²) in [6, 6.07) is 8.49. The minimum Gasteiger partial charge on any atom is -0.409 e. The van der Waals surface area contributed by atoms with E-state index in [9.17, 15) is 8.78 Å². The number of aromatic amines is 1. The van der Waals surface area contributed by atoms with Gasteiger partial charge in [-0.3, -0.25) is 0 Å². The fourth-order valence-electron chi connectivity index (χ4n) is 2.22. The van der Waals surface area contributed by atoms with Gasteiger partial charge in [0.2, 0.25) is 0 Å². The standard InChI is InChI=1S/C15H11ClF2N4O/c16-9-5-7(1-2-10(9)17)20-12-4-3-11(18)14-8(12)6-13(21-14)15(19)22-23/h1-6,20-21,23H,(H2,19,22). The molecule has 0 fully saturated rings. The smallest absolute Gasteiger partial charge is 0.186 e. The molecule has 0 radical (unpaired) electrons. The van der Waals surface area contributed by atoms with E-state index in [0.29, 0.717) is 16.8 Å². The van der Waals surface area contributed by atoms with E-state index in [-0.39, 0.29) is 22.1 Å². The summed E-state index contributed by atoms with van der Waals surface area (Å²) in [4.78, 5) is 2.74. The van der Waals surface area contributed by atoms with Gasteiger partial charge in [0.05, 0.1) is 16.2 Å². The summed E-state index contributed by atoms with van der Waals surface area (Å²) >= 11 is 5.75. The molecular weight excluding hydrogens is 326 g/mol. The van der Waals surface area contributed by atoms with Crippen molar-refractivity contribution in [2.75, 3.05) is 5.32 Å². The highest BCUT2D eigenvalue weighted by molar-refractivity contribution is 6.31. The van der Waals surface area contributed by atoms with Crippen molar-refractivity contribution in [2.45, 2.75) is 0 Å². The summed E-state index contributed by atoms with van der Waals surface area (Å²) in [5.41, 5.74) is 7.08. The molecule has 1 aromatic heterocycles. The molecular formula is C15H11ClF2N4O. The number of nitrogens with zero attached hydrogens (tertiary/aromatic N) is 1. The van der Waals surface area contributed by atoms with Crippen LogP contribution in [0.1, 0.15) is 5.69 Å². The van der Waals surface area contributed by atoms with Crippen molar-refractivity contribution in [3.8, 4) is 0 Å². The summed E-state index contributed by atoms with van der Waals surface area (Å²) in [5.74, 6) is -1.19. The van der Waals surface area contributed by atoms with Gasteiger partial charge < -0.3 is 21.2 Å². The van der Waals surface area contributed by atoms with Crippen molar-refractivity contribution >= 4 is 39.7 Å². The number of hydrogen-bond acceptors (Lipinski definition) is 3. The predicted octanol–water partition coefficient (Wildman–Crippen LogP) is 3.94. The van der Waals surface area contributed by atoms with Crippen LogP contribution in [0, 0.1) is 11.6 Å². The molecule has 0 atom stereocenters. The van der Waals surface area contributed by atoms with Gasteiger partial charge in [-0.2, -0.15) is 0 Å². The van der Waals surface area contributed by atoms with Gasteiger partial charge in [-0.1, -0.05) is 16.8 Å². The molecule has 5 nitrogen and oxygen atoms in total. The Kier molecular flexibility index (Phi) is 3.79.